The Balaban J connectivity index is 1.69. The van der Waals surface area contributed by atoms with Crippen LogP contribution in [0.2, 0.25) is 0 Å². The van der Waals surface area contributed by atoms with Gasteiger partial charge < -0.3 is 9.47 Å². The number of rotatable bonds is 9. The number of piperazine rings is 1. The van der Waals surface area contributed by atoms with Crippen molar-refractivity contribution in [3.8, 4) is 0 Å². The van der Waals surface area contributed by atoms with Gasteiger partial charge in [0.1, 0.15) is 5.82 Å². The van der Waals surface area contributed by atoms with E-state index in [4.69, 9.17) is 9.47 Å². The standard InChI is InChI=1S/C23H38N4O3/c1-4-22(28)27(21-7-5-6-10-24-21)19-23(8-16-29-17-9-23)26-13-11-25(12-14-26)15-18-30-20(2)3/h5-7,10,20H,4,8-9,11-19H2,1-3H3. The summed E-state index contributed by atoms with van der Waals surface area (Å²) in [5, 5.41) is 0. The predicted octanol–water partition coefficient (Wildman–Crippen LogP) is 2.42. The van der Waals surface area contributed by atoms with Crippen LogP contribution in [0.4, 0.5) is 5.82 Å². The van der Waals surface area contributed by atoms with Crippen molar-refractivity contribution in [2.75, 3.05) is 64.0 Å². The summed E-state index contributed by atoms with van der Waals surface area (Å²) in [4.78, 5) is 24.3. The highest BCUT2D eigenvalue weighted by atomic mass is 16.5. The molecule has 30 heavy (non-hydrogen) atoms. The van der Waals surface area contributed by atoms with Crippen LogP contribution in [0.5, 0.6) is 0 Å². The molecule has 1 aromatic heterocycles. The van der Waals surface area contributed by atoms with Gasteiger partial charge in [-0.2, -0.15) is 0 Å². The summed E-state index contributed by atoms with van der Waals surface area (Å²) in [6.07, 6.45) is 4.42. The van der Waals surface area contributed by atoms with Crippen molar-refractivity contribution in [1.29, 1.82) is 0 Å². The van der Waals surface area contributed by atoms with E-state index in [1.165, 1.54) is 0 Å². The summed E-state index contributed by atoms with van der Waals surface area (Å²) in [7, 11) is 0. The van der Waals surface area contributed by atoms with Gasteiger partial charge in [-0.15, -0.1) is 0 Å². The first-order chi connectivity index (χ1) is 14.5. The predicted molar refractivity (Wildman–Crippen MR) is 119 cm³/mol. The lowest BCUT2D eigenvalue weighted by Gasteiger charge is -2.51. The number of ether oxygens (including phenoxy) is 2. The average molecular weight is 419 g/mol. The minimum absolute atomic E-state index is 0.0544. The number of anilines is 1. The normalized spacial score (nSPS) is 20.4. The molecule has 0 radical (unpaired) electrons. The highest BCUT2D eigenvalue weighted by molar-refractivity contribution is 5.92. The number of hydrogen-bond donors (Lipinski definition) is 0. The van der Waals surface area contributed by atoms with Crippen LogP contribution in [0.1, 0.15) is 40.0 Å². The molecule has 0 saturated carbocycles. The Morgan fingerprint density at radius 1 is 1.23 bits per heavy atom. The third-order valence-electron chi connectivity index (χ3n) is 6.31. The number of carbonyl (C=O) groups is 1. The number of hydrogen-bond acceptors (Lipinski definition) is 6. The van der Waals surface area contributed by atoms with E-state index in [9.17, 15) is 4.79 Å². The summed E-state index contributed by atoms with van der Waals surface area (Å²) < 4.78 is 11.4. The molecule has 0 N–H and O–H groups in total. The number of pyridine rings is 1. The molecule has 3 rings (SSSR count). The topological polar surface area (TPSA) is 58.1 Å². The van der Waals surface area contributed by atoms with Crippen molar-refractivity contribution in [3.05, 3.63) is 24.4 Å². The molecule has 168 valence electrons. The number of aromatic nitrogens is 1. The summed E-state index contributed by atoms with van der Waals surface area (Å²) in [5.41, 5.74) is -0.0544. The minimum atomic E-state index is -0.0544. The molecule has 3 heterocycles. The molecule has 7 nitrogen and oxygen atoms in total. The van der Waals surface area contributed by atoms with Gasteiger partial charge in [0.2, 0.25) is 5.91 Å². The lowest BCUT2D eigenvalue weighted by atomic mass is 9.86. The van der Waals surface area contributed by atoms with Crippen molar-refractivity contribution in [1.82, 2.24) is 14.8 Å². The minimum Gasteiger partial charge on any atom is -0.381 e. The van der Waals surface area contributed by atoms with E-state index in [2.05, 4.69) is 28.6 Å². The van der Waals surface area contributed by atoms with E-state index in [1.54, 1.807) is 6.20 Å². The number of amides is 1. The van der Waals surface area contributed by atoms with Gasteiger partial charge in [0.25, 0.3) is 0 Å². The molecular weight excluding hydrogens is 380 g/mol. The maximum absolute atomic E-state index is 12.9. The van der Waals surface area contributed by atoms with Crippen molar-refractivity contribution in [2.45, 2.75) is 51.7 Å². The van der Waals surface area contributed by atoms with Gasteiger partial charge in [-0.05, 0) is 38.8 Å². The third-order valence-corrected chi connectivity index (χ3v) is 6.31. The lowest BCUT2D eigenvalue weighted by molar-refractivity contribution is -0.119. The fourth-order valence-electron chi connectivity index (χ4n) is 4.48. The first-order valence-electron chi connectivity index (χ1n) is 11.4. The van der Waals surface area contributed by atoms with Crippen LogP contribution < -0.4 is 4.90 Å². The van der Waals surface area contributed by atoms with Crippen LogP contribution in [0.25, 0.3) is 0 Å². The molecule has 0 bridgehead atoms. The molecule has 7 heteroatoms. The molecule has 0 unspecified atom stereocenters. The van der Waals surface area contributed by atoms with E-state index in [-0.39, 0.29) is 17.6 Å². The monoisotopic (exact) mass is 418 g/mol. The Labute approximate surface area is 181 Å². The Morgan fingerprint density at radius 2 is 1.97 bits per heavy atom. The van der Waals surface area contributed by atoms with Crippen LogP contribution in [0, 0.1) is 0 Å². The van der Waals surface area contributed by atoms with Crippen molar-refractivity contribution in [3.63, 3.8) is 0 Å². The zero-order valence-corrected chi connectivity index (χ0v) is 18.9. The van der Waals surface area contributed by atoms with E-state index in [0.29, 0.717) is 13.0 Å². The van der Waals surface area contributed by atoms with Gasteiger partial charge in [0, 0.05) is 70.6 Å². The zero-order valence-electron chi connectivity index (χ0n) is 18.9. The highest BCUT2D eigenvalue weighted by Gasteiger charge is 2.42. The van der Waals surface area contributed by atoms with Crippen molar-refractivity contribution in [2.24, 2.45) is 0 Å². The quantitative estimate of drug-likeness (QED) is 0.614. The molecule has 2 aliphatic rings. The van der Waals surface area contributed by atoms with Gasteiger partial charge in [-0.25, -0.2) is 4.98 Å². The lowest BCUT2D eigenvalue weighted by Crippen LogP contribution is -2.63. The summed E-state index contributed by atoms with van der Waals surface area (Å²) in [6.45, 7) is 14.1. The smallest absolute Gasteiger partial charge is 0.227 e. The van der Waals surface area contributed by atoms with Gasteiger partial charge in [-0.3, -0.25) is 19.5 Å². The molecule has 1 amide bonds. The van der Waals surface area contributed by atoms with Crippen LogP contribution in [-0.2, 0) is 14.3 Å². The summed E-state index contributed by atoms with van der Waals surface area (Å²) in [5.74, 6) is 0.878. The van der Waals surface area contributed by atoms with Crippen LogP contribution in [0.15, 0.2) is 24.4 Å². The van der Waals surface area contributed by atoms with E-state index >= 15 is 0 Å². The first kappa shape index (κ1) is 23.1. The summed E-state index contributed by atoms with van der Waals surface area (Å²) >= 11 is 0. The third kappa shape index (κ3) is 6.00. The van der Waals surface area contributed by atoms with Crippen molar-refractivity contribution < 1.29 is 14.3 Å². The second-order valence-electron chi connectivity index (χ2n) is 8.61. The molecule has 1 aromatic rings. The van der Waals surface area contributed by atoms with Gasteiger partial charge in [0.15, 0.2) is 0 Å². The Bertz CT molecular complexity index is 641. The van der Waals surface area contributed by atoms with Crippen LogP contribution in [0.3, 0.4) is 0 Å². The molecule has 2 fully saturated rings. The van der Waals surface area contributed by atoms with Crippen LogP contribution >= 0.6 is 0 Å². The van der Waals surface area contributed by atoms with Crippen molar-refractivity contribution >= 4 is 11.7 Å². The fourth-order valence-corrected chi connectivity index (χ4v) is 4.48. The van der Waals surface area contributed by atoms with Gasteiger partial charge in [0.05, 0.1) is 12.7 Å². The molecule has 2 aliphatic heterocycles. The van der Waals surface area contributed by atoms with Crippen LogP contribution in [-0.4, -0.2) is 91.4 Å². The van der Waals surface area contributed by atoms with Gasteiger partial charge >= 0.3 is 0 Å². The van der Waals surface area contributed by atoms with E-state index < -0.39 is 0 Å². The van der Waals surface area contributed by atoms with Gasteiger partial charge in [-0.1, -0.05) is 13.0 Å². The molecule has 0 atom stereocenters. The summed E-state index contributed by atoms with van der Waals surface area (Å²) in [6, 6.07) is 5.78. The number of carbonyl (C=O) groups excluding carboxylic acids is 1. The SMILES string of the molecule is CCC(=O)N(CC1(N2CCN(CCOC(C)C)CC2)CCOCC1)c1ccccn1. The Morgan fingerprint density at radius 3 is 2.57 bits per heavy atom. The molecule has 2 saturated heterocycles. The van der Waals surface area contributed by atoms with E-state index in [1.807, 2.05) is 30.0 Å². The largest absolute Gasteiger partial charge is 0.381 e. The Kier molecular flexibility index (Phi) is 8.62. The first-order valence-corrected chi connectivity index (χ1v) is 11.4. The second-order valence-corrected chi connectivity index (χ2v) is 8.61. The average Bonchev–Trinajstić information content (AvgIpc) is 2.78. The molecular formula is C23H38N4O3. The fraction of sp³-hybridized carbons (Fsp3) is 0.739. The number of nitrogens with zero attached hydrogens (tertiary/aromatic N) is 4. The molecule has 0 spiro atoms. The second kappa shape index (κ2) is 11.2. The maximum Gasteiger partial charge on any atom is 0.227 e. The Hall–Kier alpha value is -1.54. The maximum atomic E-state index is 12.9. The zero-order chi connectivity index (χ0) is 21.4. The van der Waals surface area contributed by atoms with E-state index in [0.717, 1.165) is 71.2 Å². The molecule has 0 aromatic carbocycles. The highest BCUT2D eigenvalue weighted by Crippen LogP contribution is 2.32. The molecule has 0 aliphatic carbocycles.